The average Bonchev–Trinajstić information content (AvgIpc) is 2.54. The van der Waals surface area contributed by atoms with Crippen molar-refractivity contribution in [1.82, 2.24) is 4.31 Å². The molecule has 1 heterocycles. The van der Waals surface area contributed by atoms with Gasteiger partial charge < -0.3 is 5.73 Å². The summed E-state index contributed by atoms with van der Waals surface area (Å²) in [6, 6.07) is 7.13. The van der Waals surface area contributed by atoms with Gasteiger partial charge in [-0.25, -0.2) is 8.42 Å². The zero-order valence-electron chi connectivity index (χ0n) is 13.2. The first-order valence-electron chi connectivity index (χ1n) is 7.75. The first kappa shape index (κ1) is 17.0. The minimum atomic E-state index is -3.48. The molecule has 1 amide bonds. The summed E-state index contributed by atoms with van der Waals surface area (Å²) in [5.41, 5.74) is 6.43. The van der Waals surface area contributed by atoms with Crippen molar-refractivity contribution in [3.63, 3.8) is 0 Å². The van der Waals surface area contributed by atoms with Crippen LogP contribution in [0.2, 0.25) is 0 Å². The lowest BCUT2D eigenvalue weighted by Gasteiger charge is -2.29. The Hall–Kier alpha value is -1.40. The van der Waals surface area contributed by atoms with Crippen LogP contribution in [-0.2, 0) is 14.8 Å². The Kier molecular flexibility index (Phi) is 5.24. The number of nitrogens with two attached hydrogens (primary N) is 1. The van der Waals surface area contributed by atoms with Crippen LogP contribution in [0, 0.1) is 5.92 Å². The van der Waals surface area contributed by atoms with Crippen LogP contribution in [0.25, 0.3) is 0 Å². The number of piperidine rings is 1. The van der Waals surface area contributed by atoms with Gasteiger partial charge in [0, 0.05) is 19.0 Å². The maximum absolute atomic E-state index is 12.6. The van der Waals surface area contributed by atoms with Gasteiger partial charge in [-0.1, -0.05) is 26.0 Å². The number of rotatable bonds is 5. The zero-order valence-corrected chi connectivity index (χ0v) is 14.0. The van der Waals surface area contributed by atoms with E-state index in [1.54, 1.807) is 12.1 Å². The molecule has 2 rings (SSSR count). The van der Waals surface area contributed by atoms with Gasteiger partial charge in [0.15, 0.2) is 0 Å². The van der Waals surface area contributed by atoms with Gasteiger partial charge in [0.05, 0.1) is 4.90 Å². The monoisotopic (exact) mass is 324 g/mol. The molecule has 0 saturated carbocycles. The summed E-state index contributed by atoms with van der Waals surface area (Å²) in [4.78, 5) is 11.5. The second kappa shape index (κ2) is 6.79. The third-order valence-corrected chi connectivity index (χ3v) is 6.47. The summed E-state index contributed by atoms with van der Waals surface area (Å²) in [7, 11) is -3.48. The molecule has 1 fully saturated rings. The van der Waals surface area contributed by atoms with E-state index < -0.39 is 10.0 Å². The van der Waals surface area contributed by atoms with E-state index in [9.17, 15) is 13.2 Å². The van der Waals surface area contributed by atoms with E-state index in [4.69, 9.17) is 5.73 Å². The highest BCUT2D eigenvalue weighted by atomic mass is 32.2. The minimum Gasteiger partial charge on any atom is -0.369 e. The van der Waals surface area contributed by atoms with Crippen molar-refractivity contribution in [2.24, 2.45) is 11.7 Å². The van der Waals surface area contributed by atoms with Gasteiger partial charge >= 0.3 is 0 Å². The summed E-state index contributed by atoms with van der Waals surface area (Å²) < 4.78 is 26.7. The van der Waals surface area contributed by atoms with Crippen molar-refractivity contribution < 1.29 is 13.2 Å². The molecule has 0 spiro atoms. The Morgan fingerprint density at radius 3 is 2.27 bits per heavy atom. The van der Waals surface area contributed by atoms with E-state index >= 15 is 0 Å². The fraction of sp³-hybridized carbons (Fsp3) is 0.562. The number of amides is 1. The van der Waals surface area contributed by atoms with E-state index in [1.165, 1.54) is 4.31 Å². The van der Waals surface area contributed by atoms with E-state index in [-0.39, 0.29) is 11.8 Å². The molecular weight excluding hydrogens is 300 g/mol. The molecule has 0 aromatic heterocycles. The highest BCUT2D eigenvalue weighted by molar-refractivity contribution is 7.89. The van der Waals surface area contributed by atoms with E-state index in [0.29, 0.717) is 36.7 Å². The second-order valence-electron chi connectivity index (χ2n) is 5.96. The molecular formula is C16H24N2O3S. The number of carbonyl (C=O) groups excluding carboxylic acids is 1. The van der Waals surface area contributed by atoms with Gasteiger partial charge in [-0.15, -0.1) is 0 Å². The summed E-state index contributed by atoms with van der Waals surface area (Å²) in [6.45, 7) is 4.93. The molecule has 1 saturated heterocycles. The van der Waals surface area contributed by atoms with E-state index in [0.717, 1.165) is 12.0 Å². The maximum atomic E-state index is 12.6. The fourth-order valence-electron chi connectivity index (χ4n) is 2.73. The molecule has 1 aliphatic rings. The van der Waals surface area contributed by atoms with Crippen molar-refractivity contribution in [3.8, 4) is 0 Å². The van der Waals surface area contributed by atoms with Crippen LogP contribution in [0.4, 0.5) is 0 Å². The Morgan fingerprint density at radius 1 is 1.27 bits per heavy atom. The van der Waals surface area contributed by atoms with E-state index in [2.05, 4.69) is 13.8 Å². The van der Waals surface area contributed by atoms with Gasteiger partial charge in [0.2, 0.25) is 15.9 Å². The molecule has 0 unspecified atom stereocenters. The van der Waals surface area contributed by atoms with E-state index in [1.807, 2.05) is 12.1 Å². The molecule has 2 N–H and O–H groups in total. The minimum absolute atomic E-state index is 0.209. The number of hydrogen-bond donors (Lipinski definition) is 1. The summed E-state index contributed by atoms with van der Waals surface area (Å²) >= 11 is 0. The van der Waals surface area contributed by atoms with Gasteiger partial charge in [0.25, 0.3) is 0 Å². The Bertz CT molecular complexity index is 617. The van der Waals surface area contributed by atoms with Crippen LogP contribution < -0.4 is 5.73 Å². The maximum Gasteiger partial charge on any atom is 0.243 e. The van der Waals surface area contributed by atoms with Crippen molar-refractivity contribution >= 4 is 15.9 Å². The number of benzene rings is 1. The van der Waals surface area contributed by atoms with Crippen LogP contribution in [0.5, 0.6) is 0 Å². The number of nitrogens with zero attached hydrogens (tertiary/aromatic N) is 1. The Labute approximate surface area is 132 Å². The van der Waals surface area contributed by atoms with Crippen molar-refractivity contribution in [1.29, 1.82) is 0 Å². The fourth-order valence-corrected chi connectivity index (χ4v) is 4.20. The topological polar surface area (TPSA) is 80.5 Å². The smallest absolute Gasteiger partial charge is 0.243 e. The number of carbonyl (C=O) groups is 1. The largest absolute Gasteiger partial charge is 0.369 e. The van der Waals surface area contributed by atoms with Crippen LogP contribution in [0.15, 0.2) is 29.2 Å². The summed E-state index contributed by atoms with van der Waals surface area (Å²) in [5, 5.41) is 0. The number of hydrogen-bond acceptors (Lipinski definition) is 3. The molecule has 1 aromatic carbocycles. The van der Waals surface area contributed by atoms with Gasteiger partial charge in [-0.2, -0.15) is 4.31 Å². The quantitative estimate of drug-likeness (QED) is 0.900. The SMILES string of the molecule is CC[C@H](C)c1ccc(S(=O)(=O)N2CCC(C(N)=O)CC2)cc1. The van der Waals surface area contributed by atoms with Crippen molar-refractivity contribution in [2.75, 3.05) is 13.1 Å². The van der Waals surface area contributed by atoms with Crippen molar-refractivity contribution in [3.05, 3.63) is 29.8 Å². The van der Waals surface area contributed by atoms with Crippen LogP contribution >= 0.6 is 0 Å². The molecule has 0 aliphatic carbocycles. The Balaban J connectivity index is 2.12. The molecule has 22 heavy (non-hydrogen) atoms. The summed E-state index contributed by atoms with van der Waals surface area (Å²) in [5.74, 6) is -0.128. The van der Waals surface area contributed by atoms with Crippen LogP contribution in [-0.4, -0.2) is 31.7 Å². The van der Waals surface area contributed by atoms with Crippen molar-refractivity contribution in [2.45, 2.75) is 43.9 Å². The second-order valence-corrected chi connectivity index (χ2v) is 7.90. The third kappa shape index (κ3) is 3.50. The molecule has 122 valence electrons. The predicted molar refractivity (Wildman–Crippen MR) is 85.8 cm³/mol. The molecule has 5 nitrogen and oxygen atoms in total. The lowest BCUT2D eigenvalue weighted by molar-refractivity contribution is -0.122. The lowest BCUT2D eigenvalue weighted by Crippen LogP contribution is -2.41. The first-order chi connectivity index (χ1) is 10.4. The molecule has 1 aliphatic heterocycles. The van der Waals surface area contributed by atoms with Crippen LogP contribution in [0.1, 0.15) is 44.6 Å². The van der Waals surface area contributed by atoms with Gasteiger partial charge in [-0.3, -0.25) is 4.79 Å². The van der Waals surface area contributed by atoms with Gasteiger partial charge in [0.1, 0.15) is 0 Å². The average molecular weight is 324 g/mol. The molecule has 0 radical (unpaired) electrons. The standard InChI is InChI=1S/C16H24N2O3S/c1-3-12(2)13-4-6-15(7-5-13)22(20,21)18-10-8-14(9-11-18)16(17)19/h4-7,12,14H,3,8-11H2,1-2H3,(H2,17,19)/t12-/m0/s1. The summed E-state index contributed by atoms with van der Waals surface area (Å²) in [6.07, 6.45) is 2.02. The predicted octanol–water partition coefficient (Wildman–Crippen LogP) is 2.09. The third-order valence-electron chi connectivity index (χ3n) is 4.56. The van der Waals surface area contributed by atoms with Gasteiger partial charge in [-0.05, 0) is 42.9 Å². The number of sulfonamides is 1. The zero-order chi connectivity index (χ0) is 16.3. The molecule has 1 aromatic rings. The molecule has 0 bridgehead atoms. The lowest BCUT2D eigenvalue weighted by atomic mass is 9.98. The molecule has 1 atom stereocenters. The highest BCUT2D eigenvalue weighted by Crippen LogP contribution is 2.25. The van der Waals surface area contributed by atoms with Crippen LogP contribution in [0.3, 0.4) is 0 Å². The Morgan fingerprint density at radius 2 is 1.82 bits per heavy atom. The normalized spacial score (nSPS) is 19.0. The number of primary amides is 1. The highest BCUT2D eigenvalue weighted by Gasteiger charge is 2.31. The first-order valence-corrected chi connectivity index (χ1v) is 9.19. The molecule has 6 heteroatoms.